The quantitative estimate of drug-likeness (QED) is 0.863. The van der Waals surface area contributed by atoms with Crippen LogP contribution in [0.3, 0.4) is 0 Å². The first-order chi connectivity index (χ1) is 9.09. The van der Waals surface area contributed by atoms with Crippen LogP contribution in [-0.2, 0) is 9.84 Å². The Kier molecular flexibility index (Phi) is 4.63. The van der Waals surface area contributed by atoms with Crippen molar-refractivity contribution in [3.63, 3.8) is 0 Å². The molecule has 2 N–H and O–H groups in total. The zero-order chi connectivity index (χ0) is 13.7. The zero-order valence-corrected chi connectivity index (χ0v) is 12.0. The third-order valence-electron chi connectivity index (χ3n) is 3.24. The maximum Gasteiger partial charge on any atom is 0.150 e. The smallest absolute Gasteiger partial charge is 0.150 e. The molecule has 0 saturated carbocycles. The SMILES string of the molecule is CCCNc1cncc(NC2CCS(=O)(=O)CC2)c1. The molecule has 19 heavy (non-hydrogen) atoms. The summed E-state index contributed by atoms with van der Waals surface area (Å²) in [7, 11) is -2.80. The number of aromatic nitrogens is 1. The number of nitrogens with one attached hydrogen (secondary N) is 2. The molecule has 0 atom stereocenters. The first kappa shape index (κ1) is 14.1. The van der Waals surface area contributed by atoms with Gasteiger partial charge in [-0.2, -0.15) is 0 Å². The Bertz CT molecular complexity index is 502. The predicted octanol–water partition coefficient (Wildman–Crippen LogP) is 1.89. The van der Waals surface area contributed by atoms with Crippen LogP contribution >= 0.6 is 0 Å². The number of pyridine rings is 1. The molecule has 0 radical (unpaired) electrons. The second-order valence-electron chi connectivity index (χ2n) is 4.96. The summed E-state index contributed by atoms with van der Waals surface area (Å²) in [4.78, 5) is 4.19. The van der Waals surface area contributed by atoms with Gasteiger partial charge in [-0.1, -0.05) is 6.92 Å². The molecule has 1 aromatic heterocycles. The molecule has 0 unspecified atom stereocenters. The molecule has 1 aliphatic heterocycles. The number of nitrogens with zero attached hydrogens (tertiary/aromatic N) is 1. The topological polar surface area (TPSA) is 71.1 Å². The highest BCUT2D eigenvalue weighted by Crippen LogP contribution is 2.19. The van der Waals surface area contributed by atoms with Gasteiger partial charge in [0.2, 0.25) is 0 Å². The van der Waals surface area contributed by atoms with E-state index in [-0.39, 0.29) is 17.5 Å². The Morgan fingerprint density at radius 3 is 2.63 bits per heavy atom. The Labute approximate surface area is 114 Å². The molecule has 1 fully saturated rings. The van der Waals surface area contributed by atoms with Gasteiger partial charge in [-0.25, -0.2) is 8.42 Å². The van der Waals surface area contributed by atoms with Crippen LogP contribution in [0.15, 0.2) is 18.5 Å². The number of hydrogen-bond donors (Lipinski definition) is 2. The third kappa shape index (κ3) is 4.38. The van der Waals surface area contributed by atoms with Gasteiger partial charge in [0.05, 0.1) is 35.3 Å². The normalized spacial score (nSPS) is 19.0. The van der Waals surface area contributed by atoms with E-state index in [4.69, 9.17) is 0 Å². The minimum atomic E-state index is -2.80. The standard InChI is InChI=1S/C13H21N3O2S/c1-2-5-15-12-8-13(10-14-9-12)16-11-3-6-19(17,18)7-4-11/h8-11,15-16H,2-7H2,1H3. The van der Waals surface area contributed by atoms with E-state index in [2.05, 4.69) is 22.5 Å². The van der Waals surface area contributed by atoms with Crippen molar-refractivity contribution in [3.8, 4) is 0 Å². The molecule has 0 spiro atoms. The average molecular weight is 283 g/mol. The van der Waals surface area contributed by atoms with E-state index in [1.54, 1.807) is 12.4 Å². The van der Waals surface area contributed by atoms with Crippen molar-refractivity contribution in [1.82, 2.24) is 4.98 Å². The molecule has 5 nitrogen and oxygen atoms in total. The van der Waals surface area contributed by atoms with E-state index in [1.165, 1.54) is 0 Å². The summed E-state index contributed by atoms with van der Waals surface area (Å²) in [5.41, 5.74) is 1.95. The minimum Gasteiger partial charge on any atom is -0.384 e. The Hall–Kier alpha value is -1.30. The zero-order valence-electron chi connectivity index (χ0n) is 11.2. The number of rotatable bonds is 5. The molecule has 0 aliphatic carbocycles. The lowest BCUT2D eigenvalue weighted by molar-refractivity contribution is 0.559. The number of sulfone groups is 1. The molecule has 2 heterocycles. The third-order valence-corrected chi connectivity index (χ3v) is 4.96. The van der Waals surface area contributed by atoms with Crippen molar-refractivity contribution in [3.05, 3.63) is 18.5 Å². The molecule has 1 aliphatic rings. The first-order valence-electron chi connectivity index (χ1n) is 6.75. The van der Waals surface area contributed by atoms with Gasteiger partial charge in [0.25, 0.3) is 0 Å². The van der Waals surface area contributed by atoms with Crippen LogP contribution in [0.5, 0.6) is 0 Å². The fourth-order valence-electron chi connectivity index (χ4n) is 2.15. The lowest BCUT2D eigenvalue weighted by Gasteiger charge is -2.24. The Morgan fingerprint density at radius 2 is 1.95 bits per heavy atom. The molecule has 2 rings (SSSR count). The van der Waals surface area contributed by atoms with Gasteiger partial charge < -0.3 is 10.6 Å². The van der Waals surface area contributed by atoms with Gasteiger partial charge in [0.1, 0.15) is 9.84 Å². The highest BCUT2D eigenvalue weighted by atomic mass is 32.2. The Morgan fingerprint density at radius 1 is 1.26 bits per heavy atom. The molecule has 1 saturated heterocycles. The maximum atomic E-state index is 11.4. The van der Waals surface area contributed by atoms with Crippen molar-refractivity contribution in [2.45, 2.75) is 32.2 Å². The summed E-state index contributed by atoms with van der Waals surface area (Å²) < 4.78 is 22.7. The summed E-state index contributed by atoms with van der Waals surface area (Å²) in [6.45, 7) is 3.04. The van der Waals surface area contributed by atoms with Crippen LogP contribution in [-0.4, -0.2) is 37.5 Å². The van der Waals surface area contributed by atoms with Gasteiger partial charge in [0, 0.05) is 12.6 Å². The molecule has 0 bridgehead atoms. The highest BCUT2D eigenvalue weighted by molar-refractivity contribution is 7.91. The van der Waals surface area contributed by atoms with E-state index in [1.807, 2.05) is 6.07 Å². The van der Waals surface area contributed by atoms with Gasteiger partial charge >= 0.3 is 0 Å². The van der Waals surface area contributed by atoms with E-state index >= 15 is 0 Å². The molecule has 0 aromatic carbocycles. The number of hydrogen-bond acceptors (Lipinski definition) is 5. The molecule has 6 heteroatoms. The second-order valence-corrected chi connectivity index (χ2v) is 7.26. The van der Waals surface area contributed by atoms with Crippen LogP contribution in [0.25, 0.3) is 0 Å². The molecule has 106 valence electrons. The number of anilines is 2. The van der Waals surface area contributed by atoms with Crippen LogP contribution in [0.2, 0.25) is 0 Å². The second kappa shape index (κ2) is 6.23. The maximum absolute atomic E-state index is 11.4. The van der Waals surface area contributed by atoms with Crippen molar-refractivity contribution >= 4 is 21.2 Å². The fraction of sp³-hybridized carbons (Fsp3) is 0.615. The Balaban J connectivity index is 1.92. The van der Waals surface area contributed by atoms with Crippen LogP contribution in [0.4, 0.5) is 11.4 Å². The molecular weight excluding hydrogens is 262 g/mol. The predicted molar refractivity (Wildman–Crippen MR) is 78.3 cm³/mol. The molecular formula is C13H21N3O2S. The van der Waals surface area contributed by atoms with Crippen molar-refractivity contribution in [2.75, 3.05) is 28.7 Å². The summed E-state index contributed by atoms with van der Waals surface area (Å²) in [5, 5.41) is 6.66. The van der Waals surface area contributed by atoms with Crippen molar-refractivity contribution in [2.24, 2.45) is 0 Å². The monoisotopic (exact) mass is 283 g/mol. The van der Waals surface area contributed by atoms with Gasteiger partial charge in [-0.3, -0.25) is 4.98 Å². The van der Waals surface area contributed by atoms with Crippen LogP contribution in [0.1, 0.15) is 26.2 Å². The first-order valence-corrected chi connectivity index (χ1v) is 8.57. The van der Waals surface area contributed by atoms with Gasteiger partial charge in [0.15, 0.2) is 0 Å². The van der Waals surface area contributed by atoms with Crippen molar-refractivity contribution < 1.29 is 8.42 Å². The summed E-state index contributed by atoms with van der Waals surface area (Å²) >= 11 is 0. The van der Waals surface area contributed by atoms with Gasteiger partial charge in [-0.15, -0.1) is 0 Å². The highest BCUT2D eigenvalue weighted by Gasteiger charge is 2.23. The van der Waals surface area contributed by atoms with E-state index < -0.39 is 9.84 Å². The van der Waals surface area contributed by atoms with Crippen molar-refractivity contribution in [1.29, 1.82) is 0 Å². The largest absolute Gasteiger partial charge is 0.384 e. The lowest BCUT2D eigenvalue weighted by Crippen LogP contribution is -2.32. The molecule has 1 aromatic rings. The van der Waals surface area contributed by atoms with E-state index in [9.17, 15) is 8.42 Å². The average Bonchev–Trinajstić information content (AvgIpc) is 2.39. The lowest BCUT2D eigenvalue weighted by atomic mass is 10.1. The molecule has 0 amide bonds. The summed E-state index contributed by atoms with van der Waals surface area (Å²) in [6, 6.07) is 2.25. The van der Waals surface area contributed by atoms with Gasteiger partial charge in [-0.05, 0) is 25.3 Å². The van der Waals surface area contributed by atoms with E-state index in [0.29, 0.717) is 12.8 Å². The summed E-state index contributed by atoms with van der Waals surface area (Å²) in [6.07, 6.45) is 5.99. The van der Waals surface area contributed by atoms with Crippen LogP contribution in [0, 0.1) is 0 Å². The van der Waals surface area contributed by atoms with Crippen LogP contribution < -0.4 is 10.6 Å². The fourth-order valence-corrected chi connectivity index (χ4v) is 3.65. The summed E-state index contributed by atoms with van der Waals surface area (Å²) in [5.74, 6) is 0.567. The van der Waals surface area contributed by atoms with E-state index in [0.717, 1.165) is 24.3 Å². The minimum absolute atomic E-state index is 0.228.